The first-order valence-corrected chi connectivity index (χ1v) is 6.14. The second-order valence-corrected chi connectivity index (χ2v) is 5.37. The van der Waals surface area contributed by atoms with Crippen molar-refractivity contribution < 1.29 is 0 Å². The van der Waals surface area contributed by atoms with Gasteiger partial charge in [-0.25, -0.2) is 0 Å². The Kier molecular flexibility index (Phi) is 3.04. The van der Waals surface area contributed by atoms with Gasteiger partial charge in [0, 0.05) is 11.5 Å². The van der Waals surface area contributed by atoms with E-state index in [9.17, 15) is 0 Å². The molecular formula is C14H22N2. The second-order valence-electron chi connectivity index (χ2n) is 5.37. The van der Waals surface area contributed by atoms with Crippen LogP contribution in [0.15, 0.2) is 24.3 Å². The summed E-state index contributed by atoms with van der Waals surface area (Å²) in [5.41, 5.74) is 14.9. The summed E-state index contributed by atoms with van der Waals surface area (Å²) < 4.78 is 0. The first kappa shape index (κ1) is 11.6. The normalized spacial score (nSPS) is 19.8. The number of nitrogens with two attached hydrogens (primary N) is 2. The van der Waals surface area contributed by atoms with Crippen LogP contribution in [0.4, 0.5) is 0 Å². The van der Waals surface area contributed by atoms with E-state index >= 15 is 0 Å². The molecule has 1 atom stereocenters. The lowest BCUT2D eigenvalue weighted by Gasteiger charge is -2.22. The van der Waals surface area contributed by atoms with Crippen molar-refractivity contribution in [1.29, 1.82) is 0 Å². The highest BCUT2D eigenvalue weighted by Crippen LogP contribution is 2.52. The molecule has 1 unspecified atom stereocenters. The van der Waals surface area contributed by atoms with Gasteiger partial charge in [0.15, 0.2) is 0 Å². The van der Waals surface area contributed by atoms with Crippen LogP contribution in [0.3, 0.4) is 0 Å². The zero-order valence-electron chi connectivity index (χ0n) is 10.2. The molecule has 0 aromatic heterocycles. The molecule has 2 rings (SSSR count). The molecule has 0 saturated heterocycles. The summed E-state index contributed by atoms with van der Waals surface area (Å²) in [4.78, 5) is 0. The maximum atomic E-state index is 6.29. The van der Waals surface area contributed by atoms with Crippen molar-refractivity contribution in [1.82, 2.24) is 0 Å². The van der Waals surface area contributed by atoms with Gasteiger partial charge in [-0.3, -0.25) is 0 Å². The van der Waals surface area contributed by atoms with E-state index in [2.05, 4.69) is 38.1 Å². The summed E-state index contributed by atoms with van der Waals surface area (Å²) in [6.07, 6.45) is 2.35. The molecule has 0 aliphatic heterocycles. The Labute approximate surface area is 98.0 Å². The minimum atomic E-state index is 0.110. The fourth-order valence-electron chi connectivity index (χ4n) is 2.24. The van der Waals surface area contributed by atoms with E-state index in [0.717, 1.165) is 0 Å². The third kappa shape index (κ3) is 2.00. The van der Waals surface area contributed by atoms with Gasteiger partial charge in [0.2, 0.25) is 0 Å². The second kappa shape index (κ2) is 4.19. The fourth-order valence-corrected chi connectivity index (χ4v) is 2.24. The van der Waals surface area contributed by atoms with Gasteiger partial charge >= 0.3 is 0 Å². The van der Waals surface area contributed by atoms with Crippen LogP contribution >= 0.6 is 0 Å². The van der Waals surface area contributed by atoms with E-state index in [1.807, 2.05) is 0 Å². The molecule has 1 fully saturated rings. The minimum absolute atomic E-state index is 0.110. The van der Waals surface area contributed by atoms with Gasteiger partial charge in [-0.05, 0) is 36.4 Å². The van der Waals surface area contributed by atoms with Crippen LogP contribution in [-0.2, 0) is 0 Å². The van der Waals surface area contributed by atoms with E-state index in [1.54, 1.807) is 0 Å². The highest BCUT2D eigenvalue weighted by molar-refractivity contribution is 5.29. The Morgan fingerprint density at radius 2 is 1.62 bits per heavy atom. The molecule has 1 aliphatic carbocycles. The SMILES string of the molecule is CC(C)c1ccc(C(N)C2(CN)CC2)cc1. The lowest BCUT2D eigenvalue weighted by Crippen LogP contribution is -2.29. The van der Waals surface area contributed by atoms with Crippen LogP contribution in [0.5, 0.6) is 0 Å². The predicted molar refractivity (Wildman–Crippen MR) is 68.2 cm³/mol. The third-order valence-electron chi connectivity index (χ3n) is 3.92. The summed E-state index contributed by atoms with van der Waals surface area (Å²) in [5.74, 6) is 0.578. The molecule has 0 bridgehead atoms. The molecule has 0 spiro atoms. The van der Waals surface area contributed by atoms with Crippen molar-refractivity contribution >= 4 is 0 Å². The Morgan fingerprint density at radius 3 is 2.00 bits per heavy atom. The summed E-state index contributed by atoms with van der Waals surface area (Å²) in [6, 6.07) is 8.81. The van der Waals surface area contributed by atoms with Crippen LogP contribution in [-0.4, -0.2) is 6.54 Å². The van der Waals surface area contributed by atoms with Gasteiger partial charge < -0.3 is 11.5 Å². The Balaban J connectivity index is 2.15. The van der Waals surface area contributed by atoms with Crippen molar-refractivity contribution in [2.24, 2.45) is 16.9 Å². The van der Waals surface area contributed by atoms with Gasteiger partial charge in [-0.15, -0.1) is 0 Å². The topological polar surface area (TPSA) is 52.0 Å². The maximum Gasteiger partial charge on any atom is 0.0364 e. The van der Waals surface area contributed by atoms with Gasteiger partial charge in [0.1, 0.15) is 0 Å². The van der Waals surface area contributed by atoms with Gasteiger partial charge in [-0.2, -0.15) is 0 Å². The average Bonchev–Trinajstić information content (AvgIpc) is 3.09. The van der Waals surface area contributed by atoms with Crippen LogP contribution in [0.1, 0.15) is 49.8 Å². The van der Waals surface area contributed by atoms with E-state index in [1.165, 1.54) is 24.0 Å². The van der Waals surface area contributed by atoms with Crippen molar-refractivity contribution in [3.05, 3.63) is 35.4 Å². The molecule has 0 radical (unpaired) electrons. The summed E-state index contributed by atoms with van der Waals surface area (Å²) in [5, 5.41) is 0. The Hall–Kier alpha value is -0.860. The zero-order chi connectivity index (χ0) is 11.8. The van der Waals surface area contributed by atoms with Crippen molar-refractivity contribution in [2.45, 2.75) is 38.6 Å². The van der Waals surface area contributed by atoms with Crippen molar-refractivity contribution in [2.75, 3.05) is 6.54 Å². The lowest BCUT2D eigenvalue weighted by molar-refractivity contribution is 0.419. The molecule has 1 aromatic carbocycles. The molecule has 2 nitrogen and oxygen atoms in total. The van der Waals surface area contributed by atoms with Crippen LogP contribution < -0.4 is 11.5 Å². The van der Waals surface area contributed by atoms with Crippen LogP contribution in [0.25, 0.3) is 0 Å². The molecule has 0 heterocycles. The van der Waals surface area contributed by atoms with E-state index in [-0.39, 0.29) is 11.5 Å². The monoisotopic (exact) mass is 218 g/mol. The number of hydrogen-bond acceptors (Lipinski definition) is 2. The first-order chi connectivity index (χ1) is 7.59. The average molecular weight is 218 g/mol. The highest BCUT2D eigenvalue weighted by Gasteiger charge is 2.46. The lowest BCUT2D eigenvalue weighted by atomic mass is 9.89. The third-order valence-corrected chi connectivity index (χ3v) is 3.92. The summed E-state index contributed by atoms with van der Waals surface area (Å²) in [6.45, 7) is 5.12. The predicted octanol–water partition coefficient (Wildman–Crippen LogP) is 2.55. The first-order valence-electron chi connectivity index (χ1n) is 6.14. The van der Waals surface area contributed by atoms with Crippen molar-refractivity contribution in [3.63, 3.8) is 0 Å². The molecule has 2 heteroatoms. The molecule has 1 saturated carbocycles. The van der Waals surface area contributed by atoms with Crippen LogP contribution in [0.2, 0.25) is 0 Å². The quantitative estimate of drug-likeness (QED) is 0.816. The Morgan fingerprint density at radius 1 is 1.12 bits per heavy atom. The van der Waals surface area contributed by atoms with Gasteiger partial charge in [0.05, 0.1) is 0 Å². The summed E-state index contributed by atoms with van der Waals surface area (Å²) >= 11 is 0. The number of hydrogen-bond donors (Lipinski definition) is 2. The molecular weight excluding hydrogens is 196 g/mol. The number of rotatable bonds is 4. The van der Waals surface area contributed by atoms with Crippen LogP contribution in [0, 0.1) is 5.41 Å². The van der Waals surface area contributed by atoms with Gasteiger partial charge in [-0.1, -0.05) is 38.1 Å². The van der Waals surface area contributed by atoms with E-state index < -0.39 is 0 Å². The molecule has 16 heavy (non-hydrogen) atoms. The van der Waals surface area contributed by atoms with Gasteiger partial charge in [0.25, 0.3) is 0 Å². The molecule has 1 aromatic rings. The highest BCUT2D eigenvalue weighted by atomic mass is 14.8. The standard InChI is InChI=1S/C14H22N2/c1-10(2)11-3-5-12(6-4-11)13(16)14(9-15)7-8-14/h3-6,10,13H,7-9,15-16H2,1-2H3. The molecule has 1 aliphatic rings. The zero-order valence-corrected chi connectivity index (χ0v) is 10.2. The Bertz CT molecular complexity index is 350. The van der Waals surface area contributed by atoms with E-state index in [0.29, 0.717) is 12.5 Å². The minimum Gasteiger partial charge on any atom is -0.330 e. The number of benzene rings is 1. The van der Waals surface area contributed by atoms with Crippen molar-refractivity contribution in [3.8, 4) is 0 Å². The molecule has 0 amide bonds. The van der Waals surface area contributed by atoms with E-state index in [4.69, 9.17) is 11.5 Å². The largest absolute Gasteiger partial charge is 0.330 e. The molecule has 88 valence electrons. The maximum absolute atomic E-state index is 6.29. The molecule has 4 N–H and O–H groups in total. The summed E-state index contributed by atoms with van der Waals surface area (Å²) in [7, 11) is 0. The fraction of sp³-hybridized carbons (Fsp3) is 0.571. The smallest absolute Gasteiger partial charge is 0.0364 e.